The summed E-state index contributed by atoms with van der Waals surface area (Å²) in [5, 5.41) is 3.60. The predicted octanol–water partition coefficient (Wildman–Crippen LogP) is 1.33. The van der Waals surface area contributed by atoms with Gasteiger partial charge >= 0.3 is 0 Å². The van der Waals surface area contributed by atoms with Crippen LogP contribution in [0.4, 0.5) is 0 Å². The summed E-state index contributed by atoms with van der Waals surface area (Å²) in [4.78, 5) is 2.28. The van der Waals surface area contributed by atoms with E-state index in [1.807, 2.05) is 0 Å². The molecule has 0 amide bonds. The molecule has 0 unspecified atom stereocenters. The number of nitrogens with zero attached hydrogens (tertiary/aromatic N) is 1. The Morgan fingerprint density at radius 1 is 1.42 bits per heavy atom. The highest BCUT2D eigenvalue weighted by Gasteiger charge is 2.19. The Hall–Kier alpha value is -0.0800. The minimum Gasteiger partial charge on any atom is -0.314 e. The van der Waals surface area contributed by atoms with Crippen molar-refractivity contribution in [3.05, 3.63) is 0 Å². The maximum Gasteiger partial charge on any atom is 0.0105 e. The first-order valence-electron chi connectivity index (χ1n) is 5.08. The summed E-state index contributed by atoms with van der Waals surface area (Å²) >= 11 is 0. The first kappa shape index (κ1) is 10.0. The van der Waals surface area contributed by atoms with E-state index >= 15 is 0 Å². The molecule has 0 aromatic rings. The molecule has 0 aliphatic carbocycles. The Morgan fingerprint density at radius 2 is 2.17 bits per heavy atom. The lowest BCUT2D eigenvalue weighted by Crippen LogP contribution is -2.42. The molecule has 0 bridgehead atoms. The van der Waals surface area contributed by atoms with Gasteiger partial charge in [0.25, 0.3) is 0 Å². The summed E-state index contributed by atoms with van der Waals surface area (Å²) in [6.07, 6.45) is 4.15. The molecule has 1 aliphatic rings. The van der Waals surface area contributed by atoms with E-state index in [2.05, 4.69) is 31.2 Å². The van der Waals surface area contributed by atoms with Crippen molar-refractivity contribution in [1.29, 1.82) is 0 Å². The first-order chi connectivity index (χ1) is 5.70. The van der Waals surface area contributed by atoms with Crippen LogP contribution in [-0.2, 0) is 0 Å². The van der Waals surface area contributed by atoms with E-state index in [1.54, 1.807) is 0 Å². The van der Waals surface area contributed by atoms with Gasteiger partial charge < -0.3 is 10.2 Å². The zero-order valence-corrected chi connectivity index (χ0v) is 8.64. The topological polar surface area (TPSA) is 15.3 Å². The van der Waals surface area contributed by atoms with Crippen molar-refractivity contribution in [2.24, 2.45) is 5.92 Å². The van der Waals surface area contributed by atoms with Crippen LogP contribution in [0.5, 0.6) is 0 Å². The number of hydrogen-bond donors (Lipinski definition) is 1. The standard InChI is InChI=1S/C10H22N2/c1-9(8-12(2)3)10-6-4-5-7-11-10/h9-11H,4-8H2,1-3H3/t9-,10-/m0/s1. The van der Waals surface area contributed by atoms with Gasteiger partial charge in [0.2, 0.25) is 0 Å². The second kappa shape index (κ2) is 4.83. The first-order valence-corrected chi connectivity index (χ1v) is 5.08. The fraction of sp³-hybridized carbons (Fsp3) is 1.00. The van der Waals surface area contributed by atoms with Crippen molar-refractivity contribution in [2.45, 2.75) is 32.2 Å². The van der Waals surface area contributed by atoms with Crippen LogP contribution in [0.1, 0.15) is 26.2 Å². The fourth-order valence-electron chi connectivity index (χ4n) is 2.07. The SMILES string of the molecule is C[C@@H](CN(C)C)[C@@H]1CCCCN1. The highest BCUT2D eigenvalue weighted by Crippen LogP contribution is 2.15. The van der Waals surface area contributed by atoms with Crippen molar-refractivity contribution in [2.75, 3.05) is 27.2 Å². The lowest BCUT2D eigenvalue weighted by Gasteiger charge is -2.30. The molecule has 0 aromatic heterocycles. The zero-order valence-electron chi connectivity index (χ0n) is 8.64. The van der Waals surface area contributed by atoms with Gasteiger partial charge in [-0.25, -0.2) is 0 Å². The normalized spacial score (nSPS) is 27.5. The molecule has 0 aromatic carbocycles. The Kier molecular flexibility index (Phi) is 4.02. The third-order valence-corrected chi connectivity index (χ3v) is 2.69. The second-order valence-electron chi connectivity index (χ2n) is 4.30. The summed E-state index contributed by atoms with van der Waals surface area (Å²) in [5.41, 5.74) is 0. The van der Waals surface area contributed by atoms with Gasteiger partial charge in [-0.1, -0.05) is 13.3 Å². The van der Waals surface area contributed by atoms with Gasteiger partial charge in [0.15, 0.2) is 0 Å². The molecule has 0 radical (unpaired) electrons. The van der Waals surface area contributed by atoms with Gasteiger partial charge in [0.05, 0.1) is 0 Å². The molecule has 1 fully saturated rings. The van der Waals surface area contributed by atoms with E-state index < -0.39 is 0 Å². The van der Waals surface area contributed by atoms with E-state index in [1.165, 1.54) is 32.4 Å². The van der Waals surface area contributed by atoms with Crippen molar-refractivity contribution in [1.82, 2.24) is 10.2 Å². The monoisotopic (exact) mass is 170 g/mol. The molecule has 1 N–H and O–H groups in total. The molecular weight excluding hydrogens is 148 g/mol. The number of nitrogens with one attached hydrogen (secondary N) is 1. The van der Waals surface area contributed by atoms with Crippen LogP contribution in [0.25, 0.3) is 0 Å². The van der Waals surface area contributed by atoms with E-state index in [0.29, 0.717) is 0 Å². The number of hydrogen-bond acceptors (Lipinski definition) is 2. The highest BCUT2D eigenvalue weighted by atomic mass is 15.1. The molecule has 2 nitrogen and oxygen atoms in total. The molecule has 2 heteroatoms. The van der Waals surface area contributed by atoms with E-state index in [4.69, 9.17) is 0 Å². The van der Waals surface area contributed by atoms with Crippen LogP contribution in [0.3, 0.4) is 0 Å². The Labute approximate surface area is 76.3 Å². The molecule has 1 saturated heterocycles. The summed E-state index contributed by atoms with van der Waals surface area (Å²) < 4.78 is 0. The lowest BCUT2D eigenvalue weighted by atomic mass is 9.93. The molecular formula is C10H22N2. The quantitative estimate of drug-likeness (QED) is 0.687. The smallest absolute Gasteiger partial charge is 0.0105 e. The average molecular weight is 170 g/mol. The summed E-state index contributed by atoms with van der Waals surface area (Å²) in [6, 6.07) is 0.765. The second-order valence-corrected chi connectivity index (χ2v) is 4.30. The van der Waals surface area contributed by atoms with E-state index in [-0.39, 0.29) is 0 Å². The van der Waals surface area contributed by atoms with Crippen LogP contribution < -0.4 is 5.32 Å². The average Bonchev–Trinajstić information content (AvgIpc) is 2.05. The minimum atomic E-state index is 0.765. The maximum absolute atomic E-state index is 3.60. The maximum atomic E-state index is 3.60. The van der Waals surface area contributed by atoms with Gasteiger partial charge in [-0.05, 0) is 39.4 Å². The van der Waals surface area contributed by atoms with Crippen LogP contribution in [0.15, 0.2) is 0 Å². The van der Waals surface area contributed by atoms with Crippen molar-refractivity contribution >= 4 is 0 Å². The van der Waals surface area contributed by atoms with Crippen LogP contribution >= 0.6 is 0 Å². The van der Waals surface area contributed by atoms with Crippen molar-refractivity contribution in [3.63, 3.8) is 0 Å². The van der Waals surface area contributed by atoms with Crippen molar-refractivity contribution in [3.8, 4) is 0 Å². The molecule has 72 valence electrons. The number of rotatable bonds is 3. The van der Waals surface area contributed by atoms with Gasteiger partial charge in [-0.3, -0.25) is 0 Å². The van der Waals surface area contributed by atoms with Crippen LogP contribution in [0, 0.1) is 5.92 Å². The Balaban J connectivity index is 2.24. The van der Waals surface area contributed by atoms with Gasteiger partial charge in [-0.15, -0.1) is 0 Å². The lowest BCUT2D eigenvalue weighted by molar-refractivity contribution is 0.248. The van der Waals surface area contributed by atoms with Crippen LogP contribution in [-0.4, -0.2) is 38.1 Å². The van der Waals surface area contributed by atoms with E-state index in [0.717, 1.165) is 12.0 Å². The van der Waals surface area contributed by atoms with Gasteiger partial charge in [0.1, 0.15) is 0 Å². The van der Waals surface area contributed by atoms with Crippen LogP contribution in [0.2, 0.25) is 0 Å². The minimum absolute atomic E-state index is 0.765. The predicted molar refractivity (Wildman–Crippen MR) is 53.4 cm³/mol. The van der Waals surface area contributed by atoms with Crippen molar-refractivity contribution < 1.29 is 0 Å². The molecule has 1 aliphatic heterocycles. The third kappa shape index (κ3) is 3.11. The molecule has 12 heavy (non-hydrogen) atoms. The zero-order chi connectivity index (χ0) is 8.97. The van der Waals surface area contributed by atoms with E-state index in [9.17, 15) is 0 Å². The largest absolute Gasteiger partial charge is 0.314 e. The van der Waals surface area contributed by atoms with Gasteiger partial charge in [-0.2, -0.15) is 0 Å². The molecule has 0 spiro atoms. The fourth-order valence-corrected chi connectivity index (χ4v) is 2.07. The number of piperidine rings is 1. The molecule has 2 atom stereocenters. The summed E-state index contributed by atoms with van der Waals surface area (Å²) in [5.74, 6) is 0.792. The molecule has 0 saturated carbocycles. The Morgan fingerprint density at radius 3 is 2.67 bits per heavy atom. The third-order valence-electron chi connectivity index (χ3n) is 2.69. The summed E-state index contributed by atoms with van der Waals surface area (Å²) in [7, 11) is 4.30. The Bertz CT molecular complexity index is 117. The highest BCUT2D eigenvalue weighted by molar-refractivity contribution is 4.78. The molecule has 1 heterocycles. The molecule has 1 rings (SSSR count). The van der Waals surface area contributed by atoms with Gasteiger partial charge in [0, 0.05) is 12.6 Å². The summed E-state index contributed by atoms with van der Waals surface area (Å²) in [6.45, 7) is 4.78.